The average molecular weight is 272 g/mol. The van der Waals surface area contributed by atoms with Crippen molar-refractivity contribution in [2.24, 2.45) is 0 Å². The molecule has 2 aromatic carbocycles. The Bertz CT molecular complexity index is 703. The number of nitrogens with one attached hydrogen (secondary N) is 1. The van der Waals surface area contributed by atoms with Crippen LogP contribution in [-0.2, 0) is 0 Å². The second-order valence-corrected chi connectivity index (χ2v) is 5.06. The molecular weight excluding hydrogens is 256 g/mol. The molecule has 0 aliphatic heterocycles. The van der Waals surface area contributed by atoms with Gasteiger partial charge in [0, 0.05) is 22.1 Å². The fraction of sp³-hybridized carbons (Fsp3) is 0.125. The third-order valence-corrected chi connectivity index (χ3v) is 3.91. The molecule has 0 spiro atoms. The number of hydrogen-bond acceptors (Lipinski definition) is 0. The predicted molar refractivity (Wildman–Crippen MR) is 79.3 cm³/mol. The van der Waals surface area contributed by atoms with Crippen LogP contribution >= 0.6 is 11.6 Å². The van der Waals surface area contributed by atoms with Gasteiger partial charge in [0.15, 0.2) is 0 Å². The van der Waals surface area contributed by atoms with Gasteiger partial charge in [0.05, 0.1) is 12.5 Å². The van der Waals surface area contributed by atoms with Crippen molar-refractivity contribution >= 4 is 22.5 Å². The minimum atomic E-state index is 0.227. The van der Waals surface area contributed by atoms with Crippen molar-refractivity contribution in [1.29, 1.82) is 0 Å². The van der Waals surface area contributed by atoms with E-state index in [4.69, 9.17) is 11.6 Å². The summed E-state index contributed by atoms with van der Waals surface area (Å²) >= 11 is 6.33. The number of benzene rings is 2. The molecule has 0 aliphatic carbocycles. The largest absolute Gasteiger partial charge is 0.361 e. The molecule has 0 saturated carbocycles. The molecule has 0 saturated heterocycles. The Morgan fingerprint density at radius 3 is 2.53 bits per heavy atom. The molecule has 1 heterocycles. The van der Waals surface area contributed by atoms with E-state index in [0.29, 0.717) is 0 Å². The van der Waals surface area contributed by atoms with E-state index >= 15 is 0 Å². The van der Waals surface area contributed by atoms with Gasteiger partial charge in [-0.3, -0.25) is 0 Å². The molecule has 0 bridgehead atoms. The molecule has 0 unspecified atom stereocenters. The Morgan fingerprint density at radius 2 is 1.74 bits per heavy atom. The third-order valence-electron chi connectivity index (χ3n) is 3.57. The topological polar surface area (TPSA) is 43.4 Å². The molecule has 2 nitrogen and oxygen atoms in total. The molecule has 19 heavy (non-hydrogen) atoms. The van der Waals surface area contributed by atoms with Gasteiger partial charge >= 0.3 is 0 Å². The summed E-state index contributed by atoms with van der Waals surface area (Å²) in [5.74, 6) is 0.227. The standard InChI is InChI=1S/C16H15ClN2/c17-15-7-3-1-5-11(15)13(9-18)14-10-19-16-8-4-2-6-12(14)16/h1-8,10,13,19H,9,18H2/p+1/t13-/m0/s1. The van der Waals surface area contributed by atoms with Gasteiger partial charge in [-0.05, 0) is 23.3 Å². The van der Waals surface area contributed by atoms with Gasteiger partial charge in [0.1, 0.15) is 0 Å². The lowest BCUT2D eigenvalue weighted by molar-refractivity contribution is -0.370. The zero-order valence-corrected chi connectivity index (χ0v) is 11.3. The van der Waals surface area contributed by atoms with Crippen LogP contribution in [0.5, 0.6) is 0 Å². The summed E-state index contributed by atoms with van der Waals surface area (Å²) in [4.78, 5) is 3.32. The number of hydrogen-bond donors (Lipinski definition) is 2. The number of aromatic nitrogens is 1. The molecule has 3 aromatic rings. The van der Waals surface area contributed by atoms with Crippen LogP contribution in [0.2, 0.25) is 5.02 Å². The SMILES string of the molecule is [NH3+]C[C@@H](c1ccccc1Cl)c1c[nH]c2ccccc12. The molecule has 0 amide bonds. The van der Waals surface area contributed by atoms with Crippen LogP contribution in [-0.4, -0.2) is 11.5 Å². The molecule has 4 N–H and O–H groups in total. The number of aromatic amines is 1. The van der Waals surface area contributed by atoms with Crippen LogP contribution in [0.4, 0.5) is 0 Å². The molecule has 0 aliphatic rings. The number of fused-ring (bicyclic) bond motifs is 1. The highest BCUT2D eigenvalue weighted by Gasteiger charge is 2.20. The Hall–Kier alpha value is -1.77. The summed E-state index contributed by atoms with van der Waals surface area (Å²) in [6.07, 6.45) is 2.07. The first-order valence-electron chi connectivity index (χ1n) is 6.41. The fourth-order valence-corrected chi connectivity index (χ4v) is 2.89. The zero-order chi connectivity index (χ0) is 13.2. The van der Waals surface area contributed by atoms with Gasteiger partial charge in [0.25, 0.3) is 0 Å². The summed E-state index contributed by atoms with van der Waals surface area (Å²) in [6, 6.07) is 16.3. The normalized spacial score (nSPS) is 12.7. The van der Waals surface area contributed by atoms with Gasteiger partial charge in [0.2, 0.25) is 0 Å². The van der Waals surface area contributed by atoms with Crippen LogP contribution in [0, 0.1) is 0 Å². The van der Waals surface area contributed by atoms with Crippen molar-refractivity contribution in [2.45, 2.75) is 5.92 Å². The van der Waals surface area contributed by atoms with Crippen molar-refractivity contribution in [2.75, 3.05) is 6.54 Å². The van der Waals surface area contributed by atoms with Crippen LogP contribution < -0.4 is 5.73 Å². The van der Waals surface area contributed by atoms with Gasteiger partial charge in [-0.1, -0.05) is 48.0 Å². The highest BCUT2D eigenvalue weighted by Crippen LogP contribution is 2.33. The van der Waals surface area contributed by atoms with Crippen LogP contribution in [0.1, 0.15) is 17.0 Å². The first-order valence-corrected chi connectivity index (χ1v) is 6.78. The Balaban J connectivity index is 2.15. The quantitative estimate of drug-likeness (QED) is 0.735. The maximum atomic E-state index is 6.33. The van der Waals surface area contributed by atoms with Crippen molar-refractivity contribution in [3.8, 4) is 0 Å². The number of halogens is 1. The van der Waals surface area contributed by atoms with E-state index < -0.39 is 0 Å². The Labute approximate surface area is 117 Å². The lowest BCUT2D eigenvalue weighted by Crippen LogP contribution is -2.53. The van der Waals surface area contributed by atoms with Crippen molar-refractivity contribution in [3.63, 3.8) is 0 Å². The third kappa shape index (κ3) is 2.14. The summed E-state index contributed by atoms with van der Waals surface area (Å²) in [5.41, 5.74) is 7.65. The van der Waals surface area contributed by atoms with E-state index in [1.807, 2.05) is 24.3 Å². The van der Waals surface area contributed by atoms with E-state index in [1.54, 1.807) is 0 Å². The minimum Gasteiger partial charge on any atom is -0.361 e. The molecule has 1 aromatic heterocycles. The number of H-pyrrole nitrogens is 1. The van der Waals surface area contributed by atoms with E-state index in [9.17, 15) is 0 Å². The van der Waals surface area contributed by atoms with Crippen molar-refractivity contribution in [3.05, 3.63) is 70.9 Å². The number of para-hydroxylation sites is 1. The lowest BCUT2D eigenvalue weighted by atomic mass is 9.91. The fourth-order valence-electron chi connectivity index (χ4n) is 2.62. The average Bonchev–Trinajstić information content (AvgIpc) is 2.86. The zero-order valence-electron chi connectivity index (χ0n) is 10.6. The lowest BCUT2D eigenvalue weighted by Gasteiger charge is -2.14. The molecule has 3 rings (SSSR count). The summed E-state index contributed by atoms with van der Waals surface area (Å²) in [7, 11) is 0. The van der Waals surface area contributed by atoms with Crippen molar-refractivity contribution < 1.29 is 5.73 Å². The minimum absolute atomic E-state index is 0.227. The van der Waals surface area contributed by atoms with Gasteiger partial charge < -0.3 is 10.7 Å². The highest BCUT2D eigenvalue weighted by atomic mass is 35.5. The maximum Gasteiger partial charge on any atom is 0.0852 e. The maximum absolute atomic E-state index is 6.33. The van der Waals surface area contributed by atoms with E-state index in [1.165, 1.54) is 10.9 Å². The molecular formula is C16H16ClN2+. The van der Waals surface area contributed by atoms with Gasteiger partial charge in [-0.25, -0.2) is 0 Å². The highest BCUT2D eigenvalue weighted by molar-refractivity contribution is 6.31. The monoisotopic (exact) mass is 271 g/mol. The number of rotatable bonds is 3. The molecule has 3 heteroatoms. The Morgan fingerprint density at radius 1 is 1.00 bits per heavy atom. The second-order valence-electron chi connectivity index (χ2n) is 4.65. The van der Waals surface area contributed by atoms with Gasteiger partial charge in [-0.2, -0.15) is 0 Å². The van der Waals surface area contributed by atoms with Crippen LogP contribution in [0.15, 0.2) is 54.7 Å². The first-order chi connectivity index (χ1) is 9.31. The summed E-state index contributed by atoms with van der Waals surface area (Å²) in [5, 5.41) is 2.05. The van der Waals surface area contributed by atoms with Crippen molar-refractivity contribution in [1.82, 2.24) is 4.98 Å². The summed E-state index contributed by atoms with van der Waals surface area (Å²) in [6.45, 7) is 0.783. The molecule has 1 atom stereocenters. The predicted octanol–water partition coefficient (Wildman–Crippen LogP) is 3.20. The summed E-state index contributed by atoms with van der Waals surface area (Å²) < 4.78 is 0. The Kier molecular flexibility index (Phi) is 3.28. The number of quaternary nitrogens is 1. The van der Waals surface area contributed by atoms with E-state index in [-0.39, 0.29) is 5.92 Å². The molecule has 0 radical (unpaired) electrons. The first kappa shape index (κ1) is 12.3. The smallest absolute Gasteiger partial charge is 0.0852 e. The van der Waals surface area contributed by atoms with Crippen LogP contribution in [0.3, 0.4) is 0 Å². The van der Waals surface area contributed by atoms with Gasteiger partial charge in [-0.15, -0.1) is 0 Å². The second kappa shape index (κ2) is 5.08. The van der Waals surface area contributed by atoms with E-state index in [0.717, 1.165) is 22.6 Å². The van der Waals surface area contributed by atoms with Crippen LogP contribution in [0.25, 0.3) is 10.9 Å². The molecule has 96 valence electrons. The molecule has 0 fully saturated rings. The van der Waals surface area contributed by atoms with E-state index in [2.05, 4.69) is 41.2 Å².